The molecule has 0 radical (unpaired) electrons. The van der Waals surface area contributed by atoms with E-state index in [-0.39, 0.29) is 10.8 Å². The van der Waals surface area contributed by atoms with Crippen molar-refractivity contribution in [3.05, 3.63) is 17.2 Å². The number of amides is 1. The van der Waals surface area contributed by atoms with Crippen molar-refractivity contribution in [2.75, 3.05) is 14.1 Å². The maximum atomic E-state index is 11.3. The molecular formula is C6H8N4OS. The standard InChI is InChI=1S/C6H8N4OS/c1-9(2)6(11)10-4-3-7-8-5(10)12/h3-4H,1-2H3. The highest BCUT2D eigenvalue weighted by atomic mass is 32.1. The van der Waals surface area contributed by atoms with Gasteiger partial charge < -0.3 is 4.90 Å². The van der Waals surface area contributed by atoms with E-state index in [4.69, 9.17) is 12.2 Å². The zero-order valence-electron chi connectivity index (χ0n) is 6.76. The smallest absolute Gasteiger partial charge is 0.330 e. The maximum Gasteiger partial charge on any atom is 0.330 e. The van der Waals surface area contributed by atoms with Gasteiger partial charge in [0.05, 0.1) is 6.20 Å². The van der Waals surface area contributed by atoms with Gasteiger partial charge in [0, 0.05) is 20.3 Å². The SMILES string of the molecule is CN(C)C(=O)n1ccnnc1=S. The molecule has 1 aromatic heterocycles. The summed E-state index contributed by atoms with van der Waals surface area (Å²) >= 11 is 4.79. The first-order valence-corrected chi connectivity index (χ1v) is 3.66. The van der Waals surface area contributed by atoms with Crippen LogP contribution in [0.15, 0.2) is 12.4 Å². The molecule has 0 aliphatic carbocycles. The molecule has 0 spiro atoms. The highest BCUT2D eigenvalue weighted by Crippen LogP contribution is 1.90. The van der Waals surface area contributed by atoms with E-state index in [2.05, 4.69) is 10.2 Å². The van der Waals surface area contributed by atoms with E-state index in [0.717, 1.165) is 0 Å². The van der Waals surface area contributed by atoms with Gasteiger partial charge in [0.15, 0.2) is 0 Å². The average molecular weight is 184 g/mol. The lowest BCUT2D eigenvalue weighted by atomic mass is 10.7. The number of hydrogen-bond acceptors (Lipinski definition) is 4. The van der Waals surface area contributed by atoms with Gasteiger partial charge >= 0.3 is 6.03 Å². The molecule has 1 heterocycles. The first-order valence-electron chi connectivity index (χ1n) is 3.25. The lowest BCUT2D eigenvalue weighted by Gasteiger charge is -2.10. The number of rotatable bonds is 0. The third-order valence-corrected chi connectivity index (χ3v) is 1.50. The molecule has 0 N–H and O–H groups in total. The molecule has 64 valence electrons. The highest BCUT2D eigenvalue weighted by Gasteiger charge is 2.05. The Morgan fingerprint density at radius 2 is 2.33 bits per heavy atom. The second-order valence-corrected chi connectivity index (χ2v) is 2.71. The van der Waals surface area contributed by atoms with Gasteiger partial charge in [-0.1, -0.05) is 0 Å². The summed E-state index contributed by atoms with van der Waals surface area (Å²) < 4.78 is 1.42. The van der Waals surface area contributed by atoms with E-state index in [9.17, 15) is 4.79 Å². The van der Waals surface area contributed by atoms with Crippen molar-refractivity contribution in [2.24, 2.45) is 0 Å². The maximum absolute atomic E-state index is 11.3. The fourth-order valence-electron chi connectivity index (χ4n) is 0.652. The molecule has 0 aliphatic rings. The largest absolute Gasteiger partial charge is 0.330 e. The number of carbonyl (C=O) groups is 1. The topological polar surface area (TPSA) is 51.0 Å². The van der Waals surface area contributed by atoms with Crippen LogP contribution >= 0.6 is 12.2 Å². The molecule has 5 nitrogen and oxygen atoms in total. The Morgan fingerprint density at radius 1 is 1.67 bits per heavy atom. The minimum absolute atomic E-state index is 0.163. The van der Waals surface area contributed by atoms with Crippen molar-refractivity contribution < 1.29 is 4.79 Å². The summed E-state index contributed by atoms with van der Waals surface area (Å²) in [5, 5.41) is 7.10. The van der Waals surface area contributed by atoms with Crippen LogP contribution < -0.4 is 0 Å². The van der Waals surface area contributed by atoms with Crippen LogP contribution in [0, 0.1) is 4.77 Å². The van der Waals surface area contributed by atoms with Gasteiger partial charge in [-0.15, -0.1) is 5.10 Å². The lowest BCUT2D eigenvalue weighted by molar-refractivity contribution is 0.218. The second kappa shape index (κ2) is 3.40. The summed E-state index contributed by atoms with van der Waals surface area (Å²) in [6.45, 7) is 0. The van der Waals surface area contributed by atoms with Crippen molar-refractivity contribution in [3.63, 3.8) is 0 Å². The first-order chi connectivity index (χ1) is 5.63. The van der Waals surface area contributed by atoms with Crippen LogP contribution in [0.1, 0.15) is 0 Å². The predicted molar refractivity (Wildman–Crippen MR) is 45.3 cm³/mol. The van der Waals surface area contributed by atoms with E-state index in [1.165, 1.54) is 21.9 Å². The van der Waals surface area contributed by atoms with Gasteiger partial charge in [-0.25, -0.2) is 9.36 Å². The second-order valence-electron chi connectivity index (χ2n) is 2.34. The van der Waals surface area contributed by atoms with E-state index in [1.54, 1.807) is 14.1 Å². The Kier molecular flexibility index (Phi) is 2.49. The molecule has 0 fully saturated rings. The van der Waals surface area contributed by atoms with Gasteiger partial charge in [0.2, 0.25) is 4.77 Å². The van der Waals surface area contributed by atoms with Crippen LogP contribution in [-0.4, -0.2) is 39.8 Å². The average Bonchev–Trinajstić information content (AvgIpc) is 2.04. The van der Waals surface area contributed by atoms with Crippen LogP contribution in [-0.2, 0) is 0 Å². The van der Waals surface area contributed by atoms with Crippen LogP contribution in [0.4, 0.5) is 4.79 Å². The molecule has 1 amide bonds. The molecule has 0 unspecified atom stereocenters. The predicted octanol–water partition coefficient (Wildman–Crippen LogP) is 0.537. The van der Waals surface area contributed by atoms with Gasteiger partial charge in [0.25, 0.3) is 0 Å². The van der Waals surface area contributed by atoms with E-state index >= 15 is 0 Å². The van der Waals surface area contributed by atoms with Crippen molar-refractivity contribution in [1.82, 2.24) is 19.7 Å². The monoisotopic (exact) mass is 184 g/mol. The highest BCUT2D eigenvalue weighted by molar-refractivity contribution is 7.71. The summed E-state index contributed by atoms with van der Waals surface area (Å²) in [6.07, 6.45) is 2.90. The van der Waals surface area contributed by atoms with Crippen molar-refractivity contribution >= 4 is 18.2 Å². The van der Waals surface area contributed by atoms with E-state index in [0.29, 0.717) is 0 Å². The summed E-state index contributed by atoms with van der Waals surface area (Å²) in [4.78, 5) is 12.7. The molecule has 0 aliphatic heterocycles. The number of carbonyl (C=O) groups excluding carboxylic acids is 1. The minimum Gasteiger partial charge on any atom is -0.330 e. The molecule has 6 heteroatoms. The van der Waals surface area contributed by atoms with Gasteiger partial charge in [0.1, 0.15) is 0 Å². The quantitative estimate of drug-likeness (QED) is 0.552. The molecule has 0 saturated carbocycles. The zero-order valence-corrected chi connectivity index (χ0v) is 7.58. The summed E-state index contributed by atoms with van der Waals surface area (Å²) in [7, 11) is 3.29. The molecule has 12 heavy (non-hydrogen) atoms. The Balaban J connectivity index is 3.12. The van der Waals surface area contributed by atoms with Crippen LogP contribution in [0.2, 0.25) is 0 Å². The zero-order chi connectivity index (χ0) is 9.14. The van der Waals surface area contributed by atoms with Crippen molar-refractivity contribution in [2.45, 2.75) is 0 Å². The normalized spacial score (nSPS) is 9.50. The first kappa shape index (κ1) is 8.79. The molecule has 0 bridgehead atoms. The lowest BCUT2D eigenvalue weighted by Crippen LogP contribution is -2.28. The molecule has 0 atom stereocenters. The molecule has 0 saturated heterocycles. The van der Waals surface area contributed by atoms with Crippen LogP contribution in [0.3, 0.4) is 0 Å². The Bertz CT molecular complexity index is 345. The third kappa shape index (κ3) is 1.65. The molecule has 1 rings (SSSR count). The molecule has 1 aromatic rings. The van der Waals surface area contributed by atoms with Crippen molar-refractivity contribution in [3.8, 4) is 0 Å². The third-order valence-electron chi connectivity index (χ3n) is 1.22. The minimum atomic E-state index is -0.227. The fourth-order valence-corrected chi connectivity index (χ4v) is 0.838. The molecular weight excluding hydrogens is 176 g/mol. The number of aromatic nitrogens is 3. The van der Waals surface area contributed by atoms with Gasteiger partial charge in [-0.2, -0.15) is 5.10 Å². The van der Waals surface area contributed by atoms with E-state index in [1.807, 2.05) is 0 Å². The Labute approximate surface area is 74.6 Å². The summed E-state index contributed by atoms with van der Waals surface area (Å²) in [6, 6.07) is -0.227. The summed E-state index contributed by atoms with van der Waals surface area (Å²) in [5.41, 5.74) is 0. The van der Waals surface area contributed by atoms with Crippen molar-refractivity contribution in [1.29, 1.82) is 0 Å². The summed E-state index contributed by atoms with van der Waals surface area (Å²) in [5.74, 6) is 0. The number of nitrogens with zero attached hydrogens (tertiary/aromatic N) is 4. The Morgan fingerprint density at radius 3 is 2.83 bits per heavy atom. The van der Waals surface area contributed by atoms with Crippen LogP contribution in [0.5, 0.6) is 0 Å². The Hall–Kier alpha value is -1.30. The van der Waals surface area contributed by atoms with Gasteiger partial charge in [-0.05, 0) is 12.2 Å². The number of hydrogen-bond donors (Lipinski definition) is 0. The molecule has 0 aromatic carbocycles. The fraction of sp³-hybridized carbons (Fsp3) is 0.333. The van der Waals surface area contributed by atoms with Crippen LogP contribution in [0.25, 0.3) is 0 Å². The van der Waals surface area contributed by atoms with E-state index < -0.39 is 0 Å². The van der Waals surface area contributed by atoms with Gasteiger partial charge in [-0.3, -0.25) is 0 Å².